The van der Waals surface area contributed by atoms with Gasteiger partial charge in [-0.05, 0) is 45.7 Å². The fourth-order valence-corrected chi connectivity index (χ4v) is 4.83. The molecule has 182 valence electrons. The van der Waals surface area contributed by atoms with E-state index in [1.54, 1.807) is 21.8 Å². The van der Waals surface area contributed by atoms with E-state index in [0.29, 0.717) is 29.8 Å². The molecule has 0 spiro atoms. The predicted octanol–water partition coefficient (Wildman–Crippen LogP) is 3.55. The Bertz CT molecular complexity index is 1390. The Hall–Kier alpha value is -3.50. The number of aryl methyl sites for hydroxylation is 1. The van der Waals surface area contributed by atoms with E-state index in [-0.39, 0.29) is 11.9 Å². The van der Waals surface area contributed by atoms with Crippen LogP contribution >= 0.6 is 11.6 Å². The lowest BCUT2D eigenvalue weighted by Gasteiger charge is -2.33. The Balaban J connectivity index is 1.38. The van der Waals surface area contributed by atoms with Crippen LogP contribution in [0.25, 0.3) is 16.8 Å². The number of halogens is 1. The van der Waals surface area contributed by atoms with Crippen LogP contribution in [0.3, 0.4) is 0 Å². The summed E-state index contributed by atoms with van der Waals surface area (Å²) in [5.41, 5.74) is 4.98. The second-order valence-electron chi connectivity index (χ2n) is 8.83. The number of nitrogens with one attached hydrogen (secondary N) is 1. The molecule has 0 bridgehead atoms. The van der Waals surface area contributed by atoms with Crippen LogP contribution in [-0.2, 0) is 4.79 Å². The molecule has 11 heteroatoms. The van der Waals surface area contributed by atoms with Crippen molar-refractivity contribution in [1.29, 1.82) is 0 Å². The van der Waals surface area contributed by atoms with Crippen LogP contribution in [0.1, 0.15) is 37.2 Å². The highest BCUT2D eigenvalue weighted by Gasteiger charge is 2.28. The number of hydrogen-bond donors (Lipinski definition) is 2. The van der Waals surface area contributed by atoms with Gasteiger partial charge in [0.05, 0.1) is 51.7 Å². The molecule has 1 fully saturated rings. The summed E-state index contributed by atoms with van der Waals surface area (Å²) in [5, 5.41) is 22.5. The third-order valence-corrected chi connectivity index (χ3v) is 6.74. The Kier molecular flexibility index (Phi) is 6.16. The summed E-state index contributed by atoms with van der Waals surface area (Å²) < 4.78 is 3.79. The zero-order valence-corrected chi connectivity index (χ0v) is 20.6. The maximum Gasteiger partial charge on any atom is 0.251 e. The molecule has 10 nitrogen and oxygen atoms in total. The number of aliphatic hydroxyl groups excluding tert-OH is 1. The van der Waals surface area contributed by atoms with Crippen molar-refractivity contribution in [3.63, 3.8) is 0 Å². The molecule has 5 rings (SSSR count). The van der Waals surface area contributed by atoms with E-state index in [2.05, 4.69) is 15.4 Å². The molecule has 1 unspecified atom stereocenters. The van der Waals surface area contributed by atoms with Crippen molar-refractivity contribution in [3.05, 3.63) is 53.2 Å². The third-order valence-electron chi connectivity index (χ3n) is 6.47. The monoisotopic (exact) mass is 494 g/mol. The molecular weight excluding hydrogens is 468 g/mol. The van der Waals surface area contributed by atoms with Crippen LogP contribution in [0.15, 0.2) is 36.8 Å². The van der Waals surface area contributed by atoms with Gasteiger partial charge in [-0.25, -0.2) is 14.5 Å². The van der Waals surface area contributed by atoms with Crippen LogP contribution < -0.4 is 5.32 Å². The van der Waals surface area contributed by atoms with Crippen LogP contribution in [-0.4, -0.2) is 64.5 Å². The summed E-state index contributed by atoms with van der Waals surface area (Å²) in [6, 6.07) is 5.99. The fourth-order valence-electron chi connectivity index (χ4n) is 4.64. The van der Waals surface area contributed by atoms with Crippen molar-refractivity contribution < 1.29 is 9.90 Å². The first-order valence-electron chi connectivity index (χ1n) is 11.6. The zero-order chi connectivity index (χ0) is 24.7. The normalized spacial score (nSPS) is 15.5. The molecule has 1 amide bonds. The molecule has 1 atom stereocenters. The van der Waals surface area contributed by atoms with Crippen molar-refractivity contribution in [3.8, 4) is 11.3 Å². The SMILES string of the molecule is Cc1nn(C2CCN(C(=O)C(C)O)CC2)c(C)c1Nc1ncc(Cl)c(-c2cnn3ccccc23)n1. The van der Waals surface area contributed by atoms with E-state index in [4.69, 9.17) is 21.7 Å². The lowest BCUT2D eigenvalue weighted by Crippen LogP contribution is -2.43. The number of rotatable bonds is 5. The van der Waals surface area contributed by atoms with Crippen molar-refractivity contribution in [1.82, 2.24) is 34.3 Å². The van der Waals surface area contributed by atoms with Gasteiger partial charge < -0.3 is 15.3 Å². The largest absolute Gasteiger partial charge is 0.384 e. The van der Waals surface area contributed by atoms with E-state index in [9.17, 15) is 9.90 Å². The maximum absolute atomic E-state index is 12.1. The first kappa shape index (κ1) is 23.3. The van der Waals surface area contributed by atoms with Crippen LogP contribution in [0.4, 0.5) is 11.6 Å². The fraction of sp³-hybridized carbons (Fsp3) is 0.375. The smallest absolute Gasteiger partial charge is 0.251 e. The maximum atomic E-state index is 12.1. The Labute approximate surface area is 207 Å². The average Bonchev–Trinajstić information content (AvgIpc) is 3.41. The number of amides is 1. The molecule has 1 aliphatic rings. The topological polar surface area (TPSA) is 113 Å². The molecule has 1 saturated heterocycles. The summed E-state index contributed by atoms with van der Waals surface area (Å²) >= 11 is 6.46. The van der Waals surface area contributed by atoms with Gasteiger partial charge in [0.25, 0.3) is 5.91 Å². The van der Waals surface area contributed by atoms with E-state index < -0.39 is 6.10 Å². The van der Waals surface area contributed by atoms with Gasteiger partial charge in [0.15, 0.2) is 0 Å². The number of anilines is 2. The van der Waals surface area contributed by atoms with Crippen LogP contribution in [0, 0.1) is 13.8 Å². The van der Waals surface area contributed by atoms with Crippen LogP contribution in [0.5, 0.6) is 0 Å². The van der Waals surface area contributed by atoms with Gasteiger partial charge in [0.2, 0.25) is 5.95 Å². The lowest BCUT2D eigenvalue weighted by molar-refractivity contribution is -0.140. The minimum absolute atomic E-state index is 0.169. The first-order chi connectivity index (χ1) is 16.8. The second kappa shape index (κ2) is 9.27. The van der Waals surface area contributed by atoms with Gasteiger partial charge in [-0.15, -0.1) is 0 Å². The molecular formula is C24H27ClN8O2. The van der Waals surface area contributed by atoms with Gasteiger partial charge in [0, 0.05) is 24.8 Å². The zero-order valence-electron chi connectivity index (χ0n) is 19.8. The first-order valence-corrected chi connectivity index (χ1v) is 12.0. The molecule has 0 aliphatic carbocycles. The summed E-state index contributed by atoms with van der Waals surface area (Å²) in [4.78, 5) is 22.9. The molecule has 0 aromatic carbocycles. The molecule has 0 saturated carbocycles. The molecule has 4 aromatic heterocycles. The number of piperidine rings is 1. The highest BCUT2D eigenvalue weighted by molar-refractivity contribution is 6.33. The quantitative estimate of drug-likeness (QED) is 0.436. The minimum atomic E-state index is -0.971. The van der Waals surface area contributed by atoms with Crippen molar-refractivity contribution >= 4 is 34.7 Å². The second-order valence-corrected chi connectivity index (χ2v) is 9.23. The highest BCUT2D eigenvalue weighted by atomic mass is 35.5. The van der Waals surface area contributed by atoms with Crippen molar-refractivity contribution in [2.45, 2.75) is 45.8 Å². The van der Waals surface area contributed by atoms with E-state index in [0.717, 1.165) is 41.0 Å². The summed E-state index contributed by atoms with van der Waals surface area (Å²) in [7, 11) is 0. The van der Waals surface area contributed by atoms with Crippen molar-refractivity contribution in [2.24, 2.45) is 0 Å². The number of pyridine rings is 1. The predicted molar refractivity (Wildman–Crippen MR) is 133 cm³/mol. The number of carbonyl (C=O) groups excluding carboxylic acids is 1. The number of fused-ring (bicyclic) bond motifs is 1. The Morgan fingerprint density at radius 1 is 1.23 bits per heavy atom. The van der Waals surface area contributed by atoms with E-state index >= 15 is 0 Å². The number of hydrogen-bond acceptors (Lipinski definition) is 7. The number of carbonyl (C=O) groups is 1. The Morgan fingerprint density at radius 2 is 2.00 bits per heavy atom. The standard InChI is InChI=1S/C24H27ClN8O2/c1-14-21(15(2)33(30-14)17-7-10-31(11-8-17)23(35)16(3)34)28-24-26-13-19(25)22(29-24)18-12-27-32-9-5-4-6-20(18)32/h4-6,9,12-13,16-17,34H,7-8,10-11H2,1-3H3,(H,26,28,29). The van der Waals surface area contributed by atoms with Gasteiger partial charge in [0.1, 0.15) is 6.10 Å². The Morgan fingerprint density at radius 3 is 2.74 bits per heavy atom. The summed E-state index contributed by atoms with van der Waals surface area (Å²) in [5.74, 6) is 0.198. The third kappa shape index (κ3) is 4.35. The number of nitrogens with zero attached hydrogens (tertiary/aromatic N) is 7. The number of likely N-dealkylation sites (tertiary alicyclic amines) is 1. The van der Waals surface area contributed by atoms with Gasteiger partial charge in [-0.3, -0.25) is 9.48 Å². The molecule has 2 N–H and O–H groups in total. The lowest BCUT2D eigenvalue weighted by atomic mass is 10.0. The molecule has 35 heavy (non-hydrogen) atoms. The molecule has 4 aromatic rings. The van der Waals surface area contributed by atoms with Gasteiger partial charge >= 0.3 is 0 Å². The van der Waals surface area contributed by atoms with Crippen molar-refractivity contribution in [2.75, 3.05) is 18.4 Å². The number of aromatic nitrogens is 6. The van der Waals surface area contributed by atoms with Crippen LogP contribution in [0.2, 0.25) is 5.02 Å². The van der Waals surface area contributed by atoms with Gasteiger partial charge in [-0.1, -0.05) is 17.7 Å². The minimum Gasteiger partial charge on any atom is -0.384 e. The molecule has 0 radical (unpaired) electrons. The highest BCUT2D eigenvalue weighted by Crippen LogP contribution is 2.32. The van der Waals surface area contributed by atoms with E-state index in [1.807, 2.05) is 42.9 Å². The summed E-state index contributed by atoms with van der Waals surface area (Å²) in [6.07, 6.45) is 5.78. The molecule has 5 heterocycles. The molecule has 1 aliphatic heterocycles. The average molecular weight is 495 g/mol. The summed E-state index contributed by atoms with van der Waals surface area (Å²) in [6.45, 7) is 6.66. The van der Waals surface area contributed by atoms with Gasteiger partial charge in [-0.2, -0.15) is 10.2 Å². The number of aliphatic hydroxyl groups is 1. The van der Waals surface area contributed by atoms with E-state index in [1.165, 1.54) is 6.92 Å².